The van der Waals surface area contributed by atoms with Crippen LogP contribution in [0.3, 0.4) is 0 Å². The molecule has 1 N–H and O–H groups in total. The molecule has 0 radical (unpaired) electrons. The summed E-state index contributed by atoms with van der Waals surface area (Å²) in [5.74, 6) is 2.14. The van der Waals surface area contributed by atoms with E-state index in [1.54, 1.807) is 12.1 Å². The smallest absolute Gasteiger partial charge is 0.244 e. The van der Waals surface area contributed by atoms with Crippen LogP contribution in [0, 0.1) is 35.0 Å². The number of nitriles is 1. The highest BCUT2D eigenvalue weighted by Crippen LogP contribution is 2.49. The van der Waals surface area contributed by atoms with Crippen molar-refractivity contribution in [1.29, 1.82) is 5.26 Å². The van der Waals surface area contributed by atoms with Gasteiger partial charge in [0.15, 0.2) is 0 Å². The predicted octanol–water partition coefficient (Wildman–Crippen LogP) is 2.90. The van der Waals surface area contributed by atoms with Crippen molar-refractivity contribution in [3.05, 3.63) is 29.8 Å². The number of hydrogen-bond acceptors (Lipinski definition) is 4. The lowest BCUT2D eigenvalue weighted by atomic mass is 9.83. The summed E-state index contributed by atoms with van der Waals surface area (Å²) in [4.78, 5) is 12.8. The second kappa shape index (κ2) is 8.08. The Balaban J connectivity index is 1.34. The second-order valence-corrected chi connectivity index (χ2v) is 10.8. The Bertz CT molecular complexity index is 915. The molecular weight excluding hydrogens is 386 g/mol. The molecule has 6 nitrogen and oxygen atoms in total. The van der Waals surface area contributed by atoms with E-state index in [9.17, 15) is 18.5 Å². The van der Waals surface area contributed by atoms with Crippen molar-refractivity contribution < 1.29 is 13.2 Å². The van der Waals surface area contributed by atoms with E-state index in [4.69, 9.17) is 0 Å². The molecule has 4 rings (SSSR count). The van der Waals surface area contributed by atoms with Crippen molar-refractivity contribution in [2.45, 2.75) is 56.4 Å². The molecule has 156 valence electrons. The molecule has 1 aromatic rings. The summed E-state index contributed by atoms with van der Waals surface area (Å²) in [6.45, 7) is 2.74. The Hall–Kier alpha value is -1.91. The number of carbonyl (C=O) groups excluding carboxylic acids is 1. The molecule has 3 fully saturated rings. The Kier molecular flexibility index (Phi) is 5.67. The average Bonchev–Trinajstić information content (AvgIpc) is 3.37. The summed E-state index contributed by atoms with van der Waals surface area (Å²) in [5.41, 5.74) is 0.159. The maximum Gasteiger partial charge on any atom is 0.244 e. The summed E-state index contributed by atoms with van der Waals surface area (Å²) in [6.07, 6.45) is 6.25. The fraction of sp³-hybridized carbons (Fsp3) is 0.636. The van der Waals surface area contributed by atoms with E-state index in [2.05, 4.69) is 12.2 Å². The van der Waals surface area contributed by atoms with Crippen molar-refractivity contribution in [2.75, 3.05) is 13.1 Å². The third-order valence-electron chi connectivity index (χ3n) is 7.25. The SMILES string of the molecule is CC(NC(=O)C1CCN(S(=O)(=O)c2ccccc2C#N)CC1)C1CC2CCC1C2. The van der Waals surface area contributed by atoms with Gasteiger partial charge in [0, 0.05) is 25.0 Å². The Morgan fingerprint density at radius 2 is 1.90 bits per heavy atom. The van der Waals surface area contributed by atoms with E-state index in [0.29, 0.717) is 31.8 Å². The number of piperidine rings is 1. The summed E-state index contributed by atoms with van der Waals surface area (Å²) in [6, 6.07) is 8.44. The molecule has 4 atom stereocenters. The highest BCUT2D eigenvalue weighted by molar-refractivity contribution is 7.89. The van der Waals surface area contributed by atoms with Gasteiger partial charge >= 0.3 is 0 Å². The van der Waals surface area contributed by atoms with Gasteiger partial charge in [0.2, 0.25) is 15.9 Å². The van der Waals surface area contributed by atoms with Crippen LogP contribution < -0.4 is 5.32 Å². The van der Waals surface area contributed by atoms with Gasteiger partial charge in [-0.3, -0.25) is 4.79 Å². The molecule has 1 amide bonds. The van der Waals surface area contributed by atoms with Gasteiger partial charge < -0.3 is 5.32 Å². The van der Waals surface area contributed by atoms with Gasteiger partial charge in [0.25, 0.3) is 0 Å². The fourth-order valence-corrected chi connectivity index (χ4v) is 7.25. The third kappa shape index (κ3) is 3.93. The maximum absolute atomic E-state index is 12.9. The lowest BCUT2D eigenvalue weighted by Crippen LogP contribution is -2.47. The first-order chi connectivity index (χ1) is 13.9. The number of sulfonamides is 1. The summed E-state index contributed by atoms with van der Waals surface area (Å²) < 4.78 is 27.3. The molecule has 1 saturated heterocycles. The lowest BCUT2D eigenvalue weighted by Gasteiger charge is -2.33. The van der Waals surface area contributed by atoms with E-state index < -0.39 is 10.0 Å². The molecule has 1 aromatic carbocycles. The number of nitrogens with one attached hydrogen (secondary N) is 1. The molecular formula is C22H29N3O3S. The van der Waals surface area contributed by atoms with Crippen molar-refractivity contribution in [3.8, 4) is 6.07 Å². The van der Waals surface area contributed by atoms with Gasteiger partial charge in [-0.2, -0.15) is 9.57 Å². The highest BCUT2D eigenvalue weighted by atomic mass is 32.2. The quantitative estimate of drug-likeness (QED) is 0.801. The molecule has 29 heavy (non-hydrogen) atoms. The van der Waals surface area contributed by atoms with Gasteiger partial charge in [-0.05, 0) is 68.9 Å². The van der Waals surface area contributed by atoms with Crippen LogP contribution in [-0.2, 0) is 14.8 Å². The van der Waals surface area contributed by atoms with Gasteiger partial charge in [-0.25, -0.2) is 8.42 Å². The number of benzene rings is 1. The predicted molar refractivity (Wildman–Crippen MR) is 109 cm³/mol. The number of amides is 1. The molecule has 3 aliphatic rings. The van der Waals surface area contributed by atoms with Crippen LogP contribution in [0.15, 0.2) is 29.2 Å². The van der Waals surface area contributed by atoms with Crippen molar-refractivity contribution >= 4 is 15.9 Å². The van der Waals surface area contributed by atoms with E-state index in [0.717, 1.165) is 11.8 Å². The van der Waals surface area contributed by atoms with Gasteiger partial charge in [0.1, 0.15) is 6.07 Å². The Morgan fingerprint density at radius 1 is 1.17 bits per heavy atom. The molecule has 0 aromatic heterocycles. The zero-order valence-corrected chi connectivity index (χ0v) is 17.7. The minimum Gasteiger partial charge on any atom is -0.353 e. The molecule has 2 bridgehead atoms. The van der Waals surface area contributed by atoms with Crippen LogP contribution in [0.4, 0.5) is 0 Å². The number of fused-ring (bicyclic) bond motifs is 2. The first kappa shape index (κ1) is 20.4. The molecule has 0 spiro atoms. The van der Waals surface area contributed by atoms with E-state index in [1.807, 2.05) is 6.07 Å². The molecule has 1 heterocycles. The monoisotopic (exact) mass is 415 g/mol. The number of hydrogen-bond donors (Lipinski definition) is 1. The highest BCUT2D eigenvalue weighted by Gasteiger charge is 2.42. The van der Waals surface area contributed by atoms with E-state index in [1.165, 1.54) is 42.1 Å². The minimum absolute atomic E-state index is 0.0512. The van der Waals surface area contributed by atoms with Crippen molar-refractivity contribution in [2.24, 2.45) is 23.7 Å². The van der Waals surface area contributed by atoms with Gasteiger partial charge in [-0.15, -0.1) is 0 Å². The van der Waals surface area contributed by atoms with Crippen LogP contribution in [0.25, 0.3) is 0 Å². The summed E-state index contributed by atoms with van der Waals surface area (Å²) in [7, 11) is -3.72. The number of rotatable bonds is 5. The zero-order chi connectivity index (χ0) is 20.6. The summed E-state index contributed by atoms with van der Waals surface area (Å²) >= 11 is 0. The standard InChI is InChI=1S/C22H29N3O3S/c1-15(20-13-16-6-7-18(20)12-16)24-22(26)17-8-10-25(11-9-17)29(27,28)21-5-3-2-4-19(21)14-23/h2-5,15-18,20H,6-13H2,1H3,(H,24,26). The van der Waals surface area contributed by atoms with Crippen LogP contribution in [0.1, 0.15) is 51.0 Å². The van der Waals surface area contributed by atoms with Crippen LogP contribution in [0.5, 0.6) is 0 Å². The molecule has 1 aliphatic heterocycles. The zero-order valence-electron chi connectivity index (χ0n) is 16.9. The minimum atomic E-state index is -3.72. The largest absolute Gasteiger partial charge is 0.353 e. The fourth-order valence-electron chi connectivity index (χ4n) is 5.64. The van der Waals surface area contributed by atoms with Gasteiger partial charge in [0.05, 0.1) is 10.5 Å². The molecule has 2 saturated carbocycles. The first-order valence-electron chi connectivity index (χ1n) is 10.7. The van der Waals surface area contributed by atoms with Crippen molar-refractivity contribution in [1.82, 2.24) is 9.62 Å². The van der Waals surface area contributed by atoms with Gasteiger partial charge in [-0.1, -0.05) is 18.6 Å². The van der Waals surface area contributed by atoms with Crippen LogP contribution in [-0.4, -0.2) is 37.8 Å². The average molecular weight is 416 g/mol. The third-order valence-corrected chi connectivity index (χ3v) is 9.21. The lowest BCUT2D eigenvalue weighted by molar-refractivity contribution is -0.127. The van der Waals surface area contributed by atoms with E-state index in [-0.39, 0.29) is 28.3 Å². The maximum atomic E-state index is 12.9. The Morgan fingerprint density at radius 3 is 2.52 bits per heavy atom. The first-order valence-corrected chi connectivity index (χ1v) is 12.1. The Labute approximate surface area is 173 Å². The van der Waals surface area contributed by atoms with Crippen LogP contribution >= 0.6 is 0 Å². The molecule has 7 heteroatoms. The molecule has 4 unspecified atom stereocenters. The molecule has 2 aliphatic carbocycles. The number of carbonyl (C=O) groups is 1. The number of nitrogens with zero attached hydrogens (tertiary/aromatic N) is 2. The normalized spacial score (nSPS) is 28.8. The van der Waals surface area contributed by atoms with Crippen LogP contribution in [0.2, 0.25) is 0 Å². The van der Waals surface area contributed by atoms with Crippen molar-refractivity contribution in [3.63, 3.8) is 0 Å². The van der Waals surface area contributed by atoms with E-state index >= 15 is 0 Å². The second-order valence-electron chi connectivity index (χ2n) is 8.92. The summed E-state index contributed by atoms with van der Waals surface area (Å²) in [5, 5.41) is 12.5. The topological polar surface area (TPSA) is 90.3 Å².